The summed E-state index contributed by atoms with van der Waals surface area (Å²) in [5, 5.41) is 10.9. The molecule has 0 bridgehead atoms. The van der Waals surface area contributed by atoms with Crippen molar-refractivity contribution in [3.63, 3.8) is 0 Å². The van der Waals surface area contributed by atoms with E-state index in [4.69, 9.17) is 11.6 Å². The molecular formula is C14H20ClN3S. The molecule has 0 amide bonds. The smallest absolute Gasteiger partial charge is 0.0847 e. The van der Waals surface area contributed by atoms with Crippen molar-refractivity contribution in [2.45, 2.75) is 32.7 Å². The lowest BCUT2D eigenvalue weighted by Gasteiger charge is -2.17. The van der Waals surface area contributed by atoms with Gasteiger partial charge in [-0.2, -0.15) is 5.10 Å². The fourth-order valence-electron chi connectivity index (χ4n) is 2.18. The van der Waals surface area contributed by atoms with E-state index in [1.165, 1.54) is 4.88 Å². The summed E-state index contributed by atoms with van der Waals surface area (Å²) in [6.45, 7) is 5.14. The van der Waals surface area contributed by atoms with Gasteiger partial charge in [-0.15, -0.1) is 11.3 Å². The average molecular weight is 298 g/mol. The first-order valence-corrected chi connectivity index (χ1v) is 7.84. The molecule has 19 heavy (non-hydrogen) atoms. The van der Waals surface area contributed by atoms with Crippen LogP contribution >= 0.6 is 22.9 Å². The van der Waals surface area contributed by atoms with Crippen LogP contribution in [0.5, 0.6) is 0 Å². The van der Waals surface area contributed by atoms with Crippen molar-refractivity contribution in [3.05, 3.63) is 38.8 Å². The lowest BCUT2D eigenvalue weighted by molar-refractivity contribution is 0.519. The minimum Gasteiger partial charge on any atom is -0.309 e. The van der Waals surface area contributed by atoms with E-state index in [1.54, 1.807) is 11.3 Å². The Kier molecular flexibility index (Phi) is 5.02. The lowest BCUT2D eigenvalue weighted by atomic mass is 10.1. The van der Waals surface area contributed by atoms with Crippen molar-refractivity contribution in [1.82, 2.24) is 15.1 Å². The van der Waals surface area contributed by atoms with Crippen LogP contribution in [0, 0.1) is 6.92 Å². The molecule has 0 fully saturated rings. The summed E-state index contributed by atoms with van der Waals surface area (Å²) in [7, 11) is 1.96. The lowest BCUT2D eigenvalue weighted by Crippen LogP contribution is -2.24. The maximum atomic E-state index is 6.35. The topological polar surface area (TPSA) is 29.9 Å². The van der Waals surface area contributed by atoms with Crippen molar-refractivity contribution >= 4 is 22.9 Å². The van der Waals surface area contributed by atoms with Crippen LogP contribution in [0.25, 0.3) is 0 Å². The van der Waals surface area contributed by atoms with Crippen LogP contribution in [0.4, 0.5) is 0 Å². The highest BCUT2D eigenvalue weighted by Gasteiger charge is 2.18. The van der Waals surface area contributed by atoms with Gasteiger partial charge in [-0.05, 0) is 31.3 Å². The van der Waals surface area contributed by atoms with Crippen LogP contribution < -0.4 is 5.32 Å². The molecule has 1 atom stereocenters. The van der Waals surface area contributed by atoms with Crippen LogP contribution in [0.3, 0.4) is 0 Å². The van der Waals surface area contributed by atoms with E-state index in [2.05, 4.69) is 34.9 Å². The minimum atomic E-state index is 0.312. The molecule has 2 rings (SSSR count). The zero-order valence-corrected chi connectivity index (χ0v) is 13.2. The van der Waals surface area contributed by atoms with Crippen molar-refractivity contribution in [3.8, 4) is 0 Å². The summed E-state index contributed by atoms with van der Waals surface area (Å²) in [5.41, 5.74) is 2.00. The van der Waals surface area contributed by atoms with Gasteiger partial charge in [0.05, 0.1) is 16.4 Å². The number of rotatable bonds is 6. The highest BCUT2D eigenvalue weighted by atomic mass is 35.5. The molecule has 0 saturated heterocycles. The number of thiophene rings is 1. The van der Waals surface area contributed by atoms with Crippen LogP contribution in [-0.2, 0) is 13.5 Å². The van der Waals surface area contributed by atoms with Gasteiger partial charge in [0.25, 0.3) is 0 Å². The fourth-order valence-corrected chi connectivity index (χ4v) is 3.22. The third kappa shape index (κ3) is 3.38. The molecule has 3 nitrogen and oxygen atoms in total. The van der Waals surface area contributed by atoms with Gasteiger partial charge in [-0.3, -0.25) is 4.68 Å². The third-order valence-corrected chi connectivity index (χ3v) is 4.66. The molecule has 0 saturated carbocycles. The van der Waals surface area contributed by atoms with E-state index in [0.29, 0.717) is 6.04 Å². The summed E-state index contributed by atoms with van der Waals surface area (Å²) < 4.78 is 1.89. The van der Waals surface area contributed by atoms with Crippen LogP contribution in [0.1, 0.15) is 35.7 Å². The molecule has 0 radical (unpaired) electrons. The second kappa shape index (κ2) is 6.55. The summed E-state index contributed by atoms with van der Waals surface area (Å²) in [6.07, 6.45) is 2.00. The zero-order valence-electron chi connectivity index (χ0n) is 11.6. The first kappa shape index (κ1) is 14.6. The van der Waals surface area contributed by atoms with E-state index in [0.717, 1.165) is 35.8 Å². The van der Waals surface area contributed by atoms with Gasteiger partial charge >= 0.3 is 0 Å². The summed E-state index contributed by atoms with van der Waals surface area (Å²) >= 11 is 8.13. The van der Waals surface area contributed by atoms with E-state index >= 15 is 0 Å². The maximum absolute atomic E-state index is 6.35. The van der Waals surface area contributed by atoms with Gasteiger partial charge < -0.3 is 5.32 Å². The highest BCUT2D eigenvalue weighted by molar-refractivity contribution is 7.10. The molecule has 5 heteroatoms. The molecule has 0 aromatic carbocycles. The van der Waals surface area contributed by atoms with Crippen LogP contribution in [0.15, 0.2) is 17.5 Å². The molecule has 1 N–H and O–H groups in total. The Morgan fingerprint density at radius 2 is 2.32 bits per heavy atom. The van der Waals surface area contributed by atoms with Crippen LogP contribution in [-0.4, -0.2) is 16.3 Å². The number of nitrogens with one attached hydrogen (secondary N) is 1. The fraction of sp³-hybridized carbons (Fsp3) is 0.500. The van der Waals surface area contributed by atoms with E-state index in [1.807, 2.05) is 18.7 Å². The predicted octanol–water partition coefficient (Wildman–Crippen LogP) is 3.73. The largest absolute Gasteiger partial charge is 0.309 e. The number of nitrogens with zero attached hydrogens (tertiary/aromatic N) is 2. The Hall–Kier alpha value is -0.840. The quantitative estimate of drug-likeness (QED) is 0.880. The summed E-state index contributed by atoms with van der Waals surface area (Å²) in [5.74, 6) is 0. The number of halogens is 1. The first-order chi connectivity index (χ1) is 9.13. The van der Waals surface area contributed by atoms with Gasteiger partial charge in [0.1, 0.15) is 0 Å². The molecule has 2 aromatic rings. The van der Waals surface area contributed by atoms with Gasteiger partial charge in [-0.25, -0.2) is 0 Å². The molecule has 0 aliphatic carbocycles. The first-order valence-electron chi connectivity index (χ1n) is 6.58. The maximum Gasteiger partial charge on any atom is 0.0847 e. The number of hydrogen-bond donors (Lipinski definition) is 1. The van der Waals surface area contributed by atoms with Gasteiger partial charge in [-0.1, -0.05) is 24.6 Å². The van der Waals surface area contributed by atoms with Crippen molar-refractivity contribution in [2.24, 2.45) is 7.05 Å². The van der Waals surface area contributed by atoms with E-state index in [-0.39, 0.29) is 0 Å². The van der Waals surface area contributed by atoms with Gasteiger partial charge in [0, 0.05) is 24.4 Å². The standard InChI is InChI=1S/C14H20ClN3S/c1-4-7-16-11(13-6-5-8-19-13)9-12-14(15)10(2)17-18(12)3/h5-6,8,11,16H,4,7,9H2,1-3H3. The Labute approximate surface area is 123 Å². The number of aryl methyl sites for hydroxylation is 2. The predicted molar refractivity (Wildman–Crippen MR) is 82.0 cm³/mol. The molecule has 104 valence electrons. The number of hydrogen-bond acceptors (Lipinski definition) is 3. The molecule has 0 spiro atoms. The van der Waals surface area contributed by atoms with Crippen LogP contribution in [0.2, 0.25) is 5.02 Å². The normalized spacial score (nSPS) is 12.8. The second-order valence-corrected chi connectivity index (χ2v) is 6.05. The van der Waals surface area contributed by atoms with Gasteiger partial charge in [0.15, 0.2) is 0 Å². The summed E-state index contributed by atoms with van der Waals surface area (Å²) in [4.78, 5) is 1.35. The van der Waals surface area contributed by atoms with Crippen molar-refractivity contribution in [1.29, 1.82) is 0 Å². The van der Waals surface area contributed by atoms with E-state index < -0.39 is 0 Å². The summed E-state index contributed by atoms with van der Waals surface area (Å²) in [6, 6.07) is 4.58. The highest BCUT2D eigenvalue weighted by Crippen LogP contribution is 2.27. The zero-order chi connectivity index (χ0) is 13.8. The SMILES string of the molecule is CCCNC(Cc1c(Cl)c(C)nn1C)c1cccs1. The average Bonchev–Trinajstić information content (AvgIpc) is 2.98. The Morgan fingerprint density at radius 1 is 1.53 bits per heavy atom. The van der Waals surface area contributed by atoms with Crippen molar-refractivity contribution in [2.75, 3.05) is 6.54 Å². The Morgan fingerprint density at radius 3 is 2.84 bits per heavy atom. The van der Waals surface area contributed by atoms with E-state index in [9.17, 15) is 0 Å². The Balaban J connectivity index is 2.20. The van der Waals surface area contributed by atoms with Crippen molar-refractivity contribution < 1.29 is 0 Å². The molecule has 2 aromatic heterocycles. The molecule has 0 aliphatic rings. The number of aromatic nitrogens is 2. The van der Waals surface area contributed by atoms with Gasteiger partial charge in [0.2, 0.25) is 0 Å². The third-order valence-electron chi connectivity index (χ3n) is 3.19. The monoisotopic (exact) mass is 297 g/mol. The minimum absolute atomic E-state index is 0.312. The molecule has 1 unspecified atom stereocenters. The molecule has 2 heterocycles. The second-order valence-electron chi connectivity index (χ2n) is 4.70. The Bertz CT molecular complexity index is 519. The molecular weight excluding hydrogens is 278 g/mol. The molecule has 0 aliphatic heterocycles.